The van der Waals surface area contributed by atoms with Crippen molar-refractivity contribution in [3.05, 3.63) is 52.8 Å². The average molecular weight is 305 g/mol. The van der Waals surface area contributed by atoms with E-state index < -0.39 is 15.5 Å². The maximum absolute atomic E-state index is 12.2. The van der Waals surface area contributed by atoms with Crippen LogP contribution in [0.5, 0.6) is 0 Å². The van der Waals surface area contributed by atoms with E-state index in [-0.39, 0.29) is 4.90 Å². The Morgan fingerprint density at radius 3 is 2.86 bits per heavy atom. The molecule has 3 rings (SSSR count). The summed E-state index contributed by atoms with van der Waals surface area (Å²) in [7, 11) is -3.96. The zero-order valence-electron chi connectivity index (χ0n) is 11.0. The number of nitrogens with zero attached hydrogens (tertiary/aromatic N) is 1. The molecule has 0 amide bonds. The highest BCUT2D eigenvalue weighted by Gasteiger charge is 2.18. The van der Waals surface area contributed by atoms with E-state index in [2.05, 4.69) is 14.7 Å². The van der Waals surface area contributed by atoms with Crippen LogP contribution in [-0.2, 0) is 10.0 Å². The number of aromatic amines is 1. The van der Waals surface area contributed by atoms with Crippen molar-refractivity contribution in [1.82, 2.24) is 9.97 Å². The summed E-state index contributed by atoms with van der Waals surface area (Å²) in [6.07, 6.45) is 2.51. The summed E-state index contributed by atoms with van der Waals surface area (Å²) in [5.74, 6) is 0.490. The van der Waals surface area contributed by atoms with Gasteiger partial charge in [0.25, 0.3) is 10.0 Å². The first-order chi connectivity index (χ1) is 9.95. The lowest BCUT2D eigenvalue weighted by atomic mass is 10.3. The fourth-order valence-corrected chi connectivity index (χ4v) is 3.03. The van der Waals surface area contributed by atoms with Gasteiger partial charge in [-0.2, -0.15) is 0 Å². The van der Waals surface area contributed by atoms with Crippen molar-refractivity contribution >= 4 is 26.8 Å². The Hall–Kier alpha value is -2.61. The molecule has 3 aromatic rings. The van der Waals surface area contributed by atoms with Crippen LogP contribution in [0.2, 0.25) is 0 Å². The normalized spacial score (nSPS) is 11.7. The lowest BCUT2D eigenvalue weighted by Crippen LogP contribution is -2.20. The molecule has 2 aromatic heterocycles. The van der Waals surface area contributed by atoms with Gasteiger partial charge in [-0.3, -0.25) is 9.52 Å². The number of H-pyrrole nitrogens is 1. The molecule has 21 heavy (non-hydrogen) atoms. The molecule has 0 radical (unpaired) electrons. The van der Waals surface area contributed by atoms with E-state index in [0.29, 0.717) is 22.7 Å². The number of fused-ring (bicyclic) bond motifs is 1. The van der Waals surface area contributed by atoms with Crippen molar-refractivity contribution in [2.24, 2.45) is 0 Å². The van der Waals surface area contributed by atoms with Gasteiger partial charge in [0.15, 0.2) is 16.4 Å². The van der Waals surface area contributed by atoms with E-state index in [0.717, 1.165) is 12.3 Å². The summed E-state index contributed by atoms with van der Waals surface area (Å²) in [6.45, 7) is 1.70. The number of hydrogen-bond donors (Lipinski definition) is 2. The molecule has 2 heterocycles. The minimum absolute atomic E-state index is 0.305. The maximum atomic E-state index is 12.2. The molecule has 0 saturated heterocycles. The van der Waals surface area contributed by atoms with E-state index in [4.69, 9.17) is 4.42 Å². The van der Waals surface area contributed by atoms with Crippen LogP contribution in [0.3, 0.4) is 0 Å². The molecule has 2 N–H and O–H groups in total. The molecule has 108 valence electrons. The molecule has 0 aliphatic heterocycles. The van der Waals surface area contributed by atoms with Crippen LogP contribution < -0.4 is 10.2 Å². The van der Waals surface area contributed by atoms with Crippen molar-refractivity contribution in [2.45, 2.75) is 11.8 Å². The van der Waals surface area contributed by atoms with Gasteiger partial charge in [-0.15, -0.1) is 0 Å². The second-order valence-electron chi connectivity index (χ2n) is 4.39. The molecule has 0 fully saturated rings. The van der Waals surface area contributed by atoms with Crippen LogP contribution in [0.25, 0.3) is 11.1 Å². The molecule has 1 aromatic carbocycles. The lowest BCUT2D eigenvalue weighted by Gasteiger charge is -2.06. The Bertz CT molecular complexity index is 972. The second kappa shape index (κ2) is 4.74. The van der Waals surface area contributed by atoms with Gasteiger partial charge in [-0.05, 0) is 18.2 Å². The third-order valence-electron chi connectivity index (χ3n) is 2.82. The molecule has 0 saturated carbocycles. The zero-order valence-corrected chi connectivity index (χ0v) is 11.8. The first-order valence-corrected chi connectivity index (χ1v) is 7.51. The number of hydrogen-bond acceptors (Lipinski definition) is 5. The van der Waals surface area contributed by atoms with E-state index >= 15 is 0 Å². The van der Waals surface area contributed by atoms with Gasteiger partial charge in [0.05, 0.1) is 5.69 Å². The largest absolute Gasteiger partial charge is 0.441 e. The fraction of sp³-hybridized carbons (Fsp3) is 0.0769. The first kappa shape index (κ1) is 13.4. The maximum Gasteiger partial charge on any atom is 0.267 e. The van der Waals surface area contributed by atoms with Gasteiger partial charge >= 0.3 is 0 Å². The van der Waals surface area contributed by atoms with Gasteiger partial charge in [-0.1, -0.05) is 0 Å². The quantitative estimate of drug-likeness (QED) is 0.765. The van der Waals surface area contributed by atoms with Gasteiger partial charge in [0, 0.05) is 25.4 Å². The number of anilines is 1. The fourth-order valence-electron chi connectivity index (χ4n) is 1.93. The summed E-state index contributed by atoms with van der Waals surface area (Å²) in [5, 5.41) is 0. The summed E-state index contributed by atoms with van der Waals surface area (Å²) < 4.78 is 32.0. The van der Waals surface area contributed by atoms with Crippen molar-refractivity contribution in [3.8, 4) is 0 Å². The Morgan fingerprint density at radius 1 is 1.29 bits per heavy atom. The molecule has 0 aliphatic rings. The number of nitrogens with one attached hydrogen (secondary N) is 2. The third-order valence-corrected chi connectivity index (χ3v) is 4.23. The Balaban J connectivity index is 2.01. The van der Waals surface area contributed by atoms with E-state index in [1.54, 1.807) is 25.1 Å². The SMILES string of the molecule is Cc1nc2cc(NS(=O)(=O)c3c[nH]ccc3=O)ccc2o1. The molecule has 0 unspecified atom stereocenters. The van der Waals surface area contributed by atoms with Crippen LogP contribution >= 0.6 is 0 Å². The summed E-state index contributed by atoms with van der Waals surface area (Å²) in [5.41, 5.74) is 0.821. The summed E-state index contributed by atoms with van der Waals surface area (Å²) >= 11 is 0. The number of aromatic nitrogens is 2. The standard InChI is InChI=1S/C13H11N3O4S/c1-8-15-10-6-9(2-3-12(10)20-8)16-21(18,19)13-7-14-5-4-11(13)17/h2-7,16H,1H3,(H,14,17). The number of pyridine rings is 1. The first-order valence-electron chi connectivity index (χ1n) is 6.03. The van der Waals surface area contributed by atoms with Crippen molar-refractivity contribution in [3.63, 3.8) is 0 Å². The molecule has 0 spiro atoms. The zero-order chi connectivity index (χ0) is 15.0. The van der Waals surface area contributed by atoms with Crippen LogP contribution in [0.4, 0.5) is 5.69 Å². The average Bonchev–Trinajstić information content (AvgIpc) is 2.78. The Morgan fingerprint density at radius 2 is 2.10 bits per heavy atom. The number of benzene rings is 1. The molecule has 8 heteroatoms. The monoisotopic (exact) mass is 305 g/mol. The minimum Gasteiger partial charge on any atom is -0.441 e. The van der Waals surface area contributed by atoms with E-state index in [9.17, 15) is 13.2 Å². The second-order valence-corrected chi connectivity index (χ2v) is 6.04. The van der Waals surface area contributed by atoms with Crippen LogP contribution in [-0.4, -0.2) is 18.4 Å². The highest BCUT2D eigenvalue weighted by molar-refractivity contribution is 7.92. The van der Waals surface area contributed by atoms with Crippen molar-refractivity contribution in [1.29, 1.82) is 0 Å². The minimum atomic E-state index is -3.96. The third kappa shape index (κ3) is 2.52. The van der Waals surface area contributed by atoms with E-state index in [1.165, 1.54) is 6.20 Å². The smallest absolute Gasteiger partial charge is 0.267 e. The van der Waals surface area contributed by atoms with Crippen LogP contribution in [0.15, 0.2) is 50.8 Å². The number of sulfonamides is 1. The molecule has 0 atom stereocenters. The number of aryl methyl sites for hydroxylation is 1. The molecule has 0 bridgehead atoms. The van der Waals surface area contributed by atoms with Gasteiger partial charge in [0.2, 0.25) is 5.43 Å². The number of oxazole rings is 1. The molecular formula is C13H11N3O4S. The predicted octanol–water partition coefficient (Wildman–Crippen LogP) is 1.63. The Kier molecular flexibility index (Phi) is 3.02. The van der Waals surface area contributed by atoms with Crippen LogP contribution in [0.1, 0.15) is 5.89 Å². The predicted molar refractivity (Wildman–Crippen MR) is 76.6 cm³/mol. The van der Waals surface area contributed by atoms with Gasteiger partial charge < -0.3 is 9.40 Å². The molecular weight excluding hydrogens is 294 g/mol. The Labute approximate surface area is 119 Å². The van der Waals surface area contributed by atoms with Crippen LogP contribution in [0, 0.1) is 6.92 Å². The van der Waals surface area contributed by atoms with Crippen molar-refractivity contribution in [2.75, 3.05) is 4.72 Å². The van der Waals surface area contributed by atoms with E-state index in [1.807, 2.05) is 0 Å². The summed E-state index contributed by atoms with van der Waals surface area (Å²) in [4.78, 5) is 18.0. The highest BCUT2D eigenvalue weighted by atomic mass is 32.2. The van der Waals surface area contributed by atoms with Crippen molar-refractivity contribution < 1.29 is 12.8 Å². The van der Waals surface area contributed by atoms with Gasteiger partial charge in [0.1, 0.15) is 5.52 Å². The summed E-state index contributed by atoms with van der Waals surface area (Å²) in [6, 6.07) is 5.85. The molecule has 0 aliphatic carbocycles. The lowest BCUT2D eigenvalue weighted by molar-refractivity contribution is 0.561. The molecule has 7 nitrogen and oxygen atoms in total. The van der Waals surface area contributed by atoms with Gasteiger partial charge in [-0.25, -0.2) is 13.4 Å². The topological polar surface area (TPSA) is 105 Å². The number of rotatable bonds is 3. The highest BCUT2D eigenvalue weighted by Crippen LogP contribution is 2.21.